The summed E-state index contributed by atoms with van der Waals surface area (Å²) in [6, 6.07) is 14.8. The van der Waals surface area contributed by atoms with Crippen LogP contribution in [-0.4, -0.2) is 52.1 Å². The first-order valence-corrected chi connectivity index (χ1v) is 11.4. The summed E-state index contributed by atoms with van der Waals surface area (Å²) in [5.41, 5.74) is 1.98. The number of hydrogen-bond acceptors (Lipinski definition) is 6. The van der Waals surface area contributed by atoms with Crippen LogP contribution in [0.3, 0.4) is 0 Å². The molecule has 1 heterocycles. The van der Waals surface area contributed by atoms with Crippen LogP contribution in [0.15, 0.2) is 53.7 Å². The van der Waals surface area contributed by atoms with Gasteiger partial charge in [0.05, 0.1) is 11.3 Å². The van der Waals surface area contributed by atoms with E-state index in [0.717, 1.165) is 23.3 Å². The summed E-state index contributed by atoms with van der Waals surface area (Å²) in [6.07, 6.45) is 0. The van der Waals surface area contributed by atoms with Crippen LogP contribution >= 0.6 is 11.8 Å². The average Bonchev–Trinajstić information content (AvgIpc) is 2.79. The van der Waals surface area contributed by atoms with Crippen LogP contribution in [0.1, 0.15) is 31.1 Å². The summed E-state index contributed by atoms with van der Waals surface area (Å²) in [5, 5.41) is 7.60. The molecule has 7 nitrogen and oxygen atoms in total. The van der Waals surface area contributed by atoms with Gasteiger partial charge in [-0.05, 0) is 51.1 Å². The molecule has 0 spiro atoms. The molecule has 3 rings (SSSR count). The standard InChI is InChI=1S/C23H27N5O2S/c1-4-24-21-18-12-7-8-13-19(18)26-23(27-21)31-15-20(29)25-17-11-9-10-16(14-17)22(30)28(5-2)6-3/h7-14H,4-6,15H2,1-3H3,(H,25,29)(H,24,26,27). The van der Waals surface area contributed by atoms with Crippen LogP contribution in [0.25, 0.3) is 10.9 Å². The van der Waals surface area contributed by atoms with Crippen molar-refractivity contribution in [2.75, 3.05) is 36.0 Å². The van der Waals surface area contributed by atoms with Crippen LogP contribution in [0.5, 0.6) is 0 Å². The molecule has 1 aromatic heterocycles. The molecule has 0 saturated carbocycles. The minimum atomic E-state index is -0.181. The number of anilines is 2. The quantitative estimate of drug-likeness (QED) is 0.384. The summed E-state index contributed by atoms with van der Waals surface area (Å²) in [7, 11) is 0. The lowest BCUT2D eigenvalue weighted by Crippen LogP contribution is -2.30. The maximum Gasteiger partial charge on any atom is 0.253 e. The molecular weight excluding hydrogens is 410 g/mol. The van der Waals surface area contributed by atoms with Crippen molar-refractivity contribution in [1.29, 1.82) is 0 Å². The van der Waals surface area contributed by atoms with E-state index in [9.17, 15) is 9.59 Å². The molecule has 8 heteroatoms. The third-order valence-electron chi connectivity index (χ3n) is 4.70. The molecule has 0 radical (unpaired) electrons. The van der Waals surface area contributed by atoms with Gasteiger partial charge in [0.2, 0.25) is 5.91 Å². The lowest BCUT2D eigenvalue weighted by molar-refractivity contribution is -0.113. The van der Waals surface area contributed by atoms with Gasteiger partial charge in [-0.15, -0.1) is 0 Å². The lowest BCUT2D eigenvalue weighted by Gasteiger charge is -2.19. The van der Waals surface area contributed by atoms with Crippen molar-refractivity contribution < 1.29 is 9.59 Å². The summed E-state index contributed by atoms with van der Waals surface area (Å²) in [6.45, 7) is 7.93. The smallest absolute Gasteiger partial charge is 0.253 e. The van der Waals surface area contributed by atoms with Crippen molar-refractivity contribution in [3.8, 4) is 0 Å². The zero-order valence-corrected chi connectivity index (χ0v) is 18.8. The van der Waals surface area contributed by atoms with Crippen molar-refractivity contribution in [1.82, 2.24) is 14.9 Å². The summed E-state index contributed by atoms with van der Waals surface area (Å²) < 4.78 is 0. The number of fused-ring (bicyclic) bond motifs is 1. The van der Waals surface area contributed by atoms with Crippen molar-refractivity contribution in [2.45, 2.75) is 25.9 Å². The number of nitrogens with zero attached hydrogens (tertiary/aromatic N) is 3. The van der Waals surface area contributed by atoms with Crippen LogP contribution < -0.4 is 10.6 Å². The number of rotatable bonds is 9. The van der Waals surface area contributed by atoms with Gasteiger partial charge in [0.15, 0.2) is 5.16 Å². The Kier molecular flexibility index (Phi) is 7.83. The van der Waals surface area contributed by atoms with Gasteiger partial charge in [0.1, 0.15) is 5.82 Å². The molecule has 2 N–H and O–H groups in total. The zero-order valence-electron chi connectivity index (χ0n) is 18.0. The highest BCUT2D eigenvalue weighted by atomic mass is 32.2. The van der Waals surface area contributed by atoms with E-state index in [1.165, 1.54) is 11.8 Å². The van der Waals surface area contributed by atoms with Gasteiger partial charge in [-0.3, -0.25) is 9.59 Å². The van der Waals surface area contributed by atoms with Crippen molar-refractivity contribution in [2.24, 2.45) is 0 Å². The third-order valence-corrected chi connectivity index (χ3v) is 5.55. The van der Waals surface area contributed by atoms with Crippen molar-refractivity contribution >= 4 is 46.0 Å². The first-order valence-electron chi connectivity index (χ1n) is 10.4. The van der Waals surface area contributed by atoms with Gasteiger partial charge in [-0.25, -0.2) is 9.97 Å². The SMILES string of the molecule is CCNc1nc(SCC(=O)Nc2cccc(C(=O)N(CC)CC)c2)nc2ccccc12. The molecule has 3 aromatic rings. The Labute approximate surface area is 186 Å². The van der Waals surface area contributed by atoms with Crippen LogP contribution in [0, 0.1) is 0 Å². The Bertz CT molecular complexity index is 1070. The number of benzene rings is 2. The Hall–Kier alpha value is -3.13. The molecule has 162 valence electrons. The van der Waals surface area contributed by atoms with Crippen molar-refractivity contribution in [3.05, 3.63) is 54.1 Å². The largest absolute Gasteiger partial charge is 0.370 e. The van der Waals surface area contributed by atoms with E-state index in [-0.39, 0.29) is 17.6 Å². The molecule has 0 bridgehead atoms. The molecule has 0 saturated heterocycles. The number of aromatic nitrogens is 2. The number of thioether (sulfide) groups is 1. The molecule has 0 fully saturated rings. The molecule has 2 aromatic carbocycles. The Morgan fingerprint density at radius 2 is 1.77 bits per heavy atom. The number of hydrogen-bond donors (Lipinski definition) is 2. The summed E-state index contributed by atoms with van der Waals surface area (Å²) in [4.78, 5) is 35.9. The molecule has 0 atom stereocenters. The molecular formula is C23H27N5O2S. The van der Waals surface area contributed by atoms with Gasteiger partial charge in [0.25, 0.3) is 5.91 Å². The van der Waals surface area contributed by atoms with Crippen molar-refractivity contribution in [3.63, 3.8) is 0 Å². The van der Waals surface area contributed by atoms with E-state index in [2.05, 4.69) is 20.6 Å². The van der Waals surface area contributed by atoms with Gasteiger partial charge in [-0.1, -0.05) is 30.0 Å². The Balaban J connectivity index is 1.67. The maximum atomic E-state index is 12.5. The predicted octanol–water partition coefficient (Wildman–Crippen LogP) is 4.27. The van der Waals surface area contributed by atoms with E-state index in [1.54, 1.807) is 29.2 Å². The maximum absolute atomic E-state index is 12.5. The van der Waals surface area contributed by atoms with Crippen LogP contribution in [0.2, 0.25) is 0 Å². The van der Waals surface area contributed by atoms with E-state index in [0.29, 0.717) is 29.5 Å². The van der Waals surface area contributed by atoms with Gasteiger partial charge in [-0.2, -0.15) is 0 Å². The molecule has 31 heavy (non-hydrogen) atoms. The molecule has 0 aliphatic rings. The van der Waals surface area contributed by atoms with Gasteiger partial charge < -0.3 is 15.5 Å². The average molecular weight is 438 g/mol. The fourth-order valence-electron chi connectivity index (χ4n) is 3.17. The summed E-state index contributed by atoms with van der Waals surface area (Å²) in [5.74, 6) is 0.701. The molecule has 0 aliphatic heterocycles. The van der Waals surface area contributed by atoms with E-state index in [4.69, 9.17) is 0 Å². The second-order valence-electron chi connectivity index (χ2n) is 6.80. The normalized spacial score (nSPS) is 10.7. The fraction of sp³-hybridized carbons (Fsp3) is 0.304. The number of carbonyl (C=O) groups excluding carboxylic acids is 2. The van der Waals surface area contributed by atoms with Gasteiger partial charge in [0, 0.05) is 36.3 Å². The monoisotopic (exact) mass is 437 g/mol. The lowest BCUT2D eigenvalue weighted by atomic mass is 10.1. The van der Waals surface area contributed by atoms with Crippen LogP contribution in [-0.2, 0) is 4.79 Å². The fourth-order valence-corrected chi connectivity index (χ4v) is 3.82. The zero-order chi connectivity index (χ0) is 22.2. The highest BCUT2D eigenvalue weighted by Crippen LogP contribution is 2.24. The minimum Gasteiger partial charge on any atom is -0.370 e. The molecule has 2 amide bonds. The number of nitrogens with one attached hydrogen (secondary N) is 2. The Morgan fingerprint density at radius 3 is 2.52 bits per heavy atom. The van der Waals surface area contributed by atoms with E-state index >= 15 is 0 Å². The number of carbonyl (C=O) groups is 2. The Morgan fingerprint density at radius 1 is 1.00 bits per heavy atom. The number of amides is 2. The highest BCUT2D eigenvalue weighted by Gasteiger charge is 2.14. The first-order chi connectivity index (χ1) is 15.0. The third kappa shape index (κ3) is 5.73. The molecule has 0 aliphatic carbocycles. The van der Waals surface area contributed by atoms with E-state index in [1.807, 2.05) is 45.0 Å². The van der Waals surface area contributed by atoms with E-state index < -0.39 is 0 Å². The highest BCUT2D eigenvalue weighted by molar-refractivity contribution is 7.99. The summed E-state index contributed by atoms with van der Waals surface area (Å²) >= 11 is 1.28. The number of para-hydroxylation sites is 1. The van der Waals surface area contributed by atoms with Gasteiger partial charge >= 0.3 is 0 Å². The van der Waals surface area contributed by atoms with Crippen LogP contribution in [0.4, 0.5) is 11.5 Å². The minimum absolute atomic E-state index is 0.0454. The first kappa shape index (κ1) is 22.6. The second-order valence-corrected chi connectivity index (χ2v) is 7.74. The second kappa shape index (κ2) is 10.8. The predicted molar refractivity (Wildman–Crippen MR) is 127 cm³/mol. The topological polar surface area (TPSA) is 87.2 Å². The molecule has 0 unspecified atom stereocenters.